The maximum atomic E-state index is 5.70. The van der Waals surface area contributed by atoms with Crippen molar-refractivity contribution in [2.75, 3.05) is 0 Å². The van der Waals surface area contributed by atoms with Crippen LogP contribution >= 0.6 is 50.7 Å². The molecule has 2 rings (SSSR count). The molecule has 0 aliphatic carbocycles. The number of hydrogen-bond donors (Lipinski definition) is 0. The topological polar surface area (TPSA) is 43.1 Å². The molecule has 0 aliphatic heterocycles. The van der Waals surface area contributed by atoms with E-state index in [0.29, 0.717) is 10.3 Å². The van der Waals surface area contributed by atoms with Crippen LogP contribution in [0.25, 0.3) is 5.65 Å². The van der Waals surface area contributed by atoms with E-state index in [-0.39, 0.29) is 5.82 Å². The van der Waals surface area contributed by atoms with Crippen LogP contribution in [0.15, 0.2) is 17.0 Å². The van der Waals surface area contributed by atoms with Crippen molar-refractivity contribution >= 4 is 56.4 Å². The van der Waals surface area contributed by atoms with Gasteiger partial charge in [0, 0.05) is 12.4 Å². The minimum Gasteiger partial charge on any atom is -0.279 e. The fraction of sp³-hybridized carbons (Fsp3) is 0.167. The summed E-state index contributed by atoms with van der Waals surface area (Å²) in [5.41, 5.74) is 0.508. The SMILES string of the molecule is ClC(Cl)(Cl)c1nnc2c(Br)nccn12. The van der Waals surface area contributed by atoms with Crippen molar-refractivity contribution < 1.29 is 0 Å². The Morgan fingerprint density at radius 3 is 2.64 bits per heavy atom. The highest BCUT2D eigenvalue weighted by Gasteiger charge is 2.29. The van der Waals surface area contributed by atoms with Gasteiger partial charge in [0.05, 0.1) is 0 Å². The van der Waals surface area contributed by atoms with E-state index < -0.39 is 3.79 Å². The van der Waals surface area contributed by atoms with Crippen LogP contribution < -0.4 is 0 Å². The average Bonchev–Trinajstić information content (AvgIpc) is 2.47. The Kier molecular flexibility index (Phi) is 2.59. The lowest BCUT2D eigenvalue weighted by Gasteiger charge is -2.07. The summed E-state index contributed by atoms with van der Waals surface area (Å²) in [5.74, 6) is 0.237. The molecule has 2 heterocycles. The Hall–Kier alpha value is -0.100. The van der Waals surface area contributed by atoms with Crippen molar-refractivity contribution in [1.82, 2.24) is 19.6 Å². The molecule has 0 bridgehead atoms. The van der Waals surface area contributed by atoms with Crippen molar-refractivity contribution in [2.24, 2.45) is 0 Å². The van der Waals surface area contributed by atoms with Gasteiger partial charge in [0.1, 0.15) is 0 Å². The zero-order valence-electron chi connectivity index (χ0n) is 6.46. The maximum absolute atomic E-state index is 5.70. The molecular formula is C6H2BrCl3N4. The second kappa shape index (κ2) is 3.48. The van der Waals surface area contributed by atoms with Gasteiger partial charge in [0.25, 0.3) is 3.79 Å². The van der Waals surface area contributed by atoms with Gasteiger partial charge >= 0.3 is 0 Å². The number of fused-ring (bicyclic) bond motifs is 1. The van der Waals surface area contributed by atoms with E-state index in [1.165, 1.54) is 0 Å². The van der Waals surface area contributed by atoms with Gasteiger partial charge in [-0.15, -0.1) is 10.2 Å². The van der Waals surface area contributed by atoms with E-state index in [0.717, 1.165) is 0 Å². The minimum absolute atomic E-state index is 0.237. The summed E-state index contributed by atoms with van der Waals surface area (Å²) in [6, 6.07) is 0. The van der Waals surface area contributed by atoms with E-state index in [9.17, 15) is 0 Å². The van der Waals surface area contributed by atoms with Crippen LogP contribution in [0, 0.1) is 0 Å². The predicted molar refractivity (Wildman–Crippen MR) is 57.7 cm³/mol. The average molecular weight is 316 g/mol. The van der Waals surface area contributed by atoms with Gasteiger partial charge in [-0.2, -0.15) is 0 Å². The molecule has 4 nitrogen and oxygen atoms in total. The highest BCUT2D eigenvalue weighted by atomic mass is 79.9. The number of aromatic nitrogens is 4. The first-order valence-electron chi connectivity index (χ1n) is 3.42. The summed E-state index contributed by atoms with van der Waals surface area (Å²) in [4.78, 5) is 3.97. The zero-order chi connectivity index (χ0) is 10.3. The van der Waals surface area contributed by atoms with Gasteiger partial charge in [-0.05, 0) is 15.9 Å². The largest absolute Gasteiger partial charge is 0.279 e. The van der Waals surface area contributed by atoms with E-state index >= 15 is 0 Å². The molecule has 0 amide bonds. The van der Waals surface area contributed by atoms with Gasteiger partial charge in [-0.1, -0.05) is 34.8 Å². The zero-order valence-corrected chi connectivity index (χ0v) is 10.3. The molecule has 14 heavy (non-hydrogen) atoms. The lowest BCUT2D eigenvalue weighted by atomic mass is 10.6. The second-order valence-corrected chi connectivity index (χ2v) is 5.47. The molecule has 2 aromatic heterocycles. The van der Waals surface area contributed by atoms with Gasteiger partial charge in [0.15, 0.2) is 16.1 Å². The molecule has 2 aromatic rings. The van der Waals surface area contributed by atoms with Crippen LogP contribution in [0.3, 0.4) is 0 Å². The van der Waals surface area contributed by atoms with Crippen molar-refractivity contribution in [3.8, 4) is 0 Å². The lowest BCUT2D eigenvalue weighted by molar-refractivity contribution is 0.929. The number of alkyl halides is 3. The van der Waals surface area contributed by atoms with E-state index in [1.54, 1.807) is 16.8 Å². The Bertz CT molecular complexity index is 477. The number of rotatable bonds is 0. The summed E-state index contributed by atoms with van der Waals surface area (Å²) in [7, 11) is 0. The van der Waals surface area contributed by atoms with Gasteiger partial charge in [-0.3, -0.25) is 4.40 Å². The summed E-state index contributed by atoms with van der Waals surface area (Å²) < 4.78 is 0.512. The molecule has 0 saturated heterocycles. The monoisotopic (exact) mass is 314 g/mol. The molecule has 0 unspecified atom stereocenters. The lowest BCUT2D eigenvalue weighted by Crippen LogP contribution is -2.06. The van der Waals surface area contributed by atoms with Crippen LogP contribution in [0.1, 0.15) is 5.82 Å². The summed E-state index contributed by atoms with van der Waals surface area (Å²) in [6.07, 6.45) is 3.18. The van der Waals surface area contributed by atoms with Crippen molar-refractivity contribution in [3.63, 3.8) is 0 Å². The minimum atomic E-state index is -1.60. The Balaban J connectivity index is 2.76. The Morgan fingerprint density at radius 1 is 1.29 bits per heavy atom. The third kappa shape index (κ3) is 1.69. The molecule has 0 radical (unpaired) electrons. The quantitative estimate of drug-likeness (QED) is 0.702. The van der Waals surface area contributed by atoms with Gasteiger partial charge in [-0.25, -0.2) is 4.98 Å². The van der Waals surface area contributed by atoms with E-state index in [4.69, 9.17) is 34.8 Å². The first-order chi connectivity index (χ1) is 6.50. The van der Waals surface area contributed by atoms with Gasteiger partial charge < -0.3 is 0 Å². The highest BCUT2D eigenvalue weighted by Crippen LogP contribution is 2.37. The number of halogens is 4. The molecule has 0 atom stereocenters. The Morgan fingerprint density at radius 2 is 2.00 bits per heavy atom. The predicted octanol–water partition coefficient (Wildman–Crippen LogP) is 2.71. The van der Waals surface area contributed by atoms with Crippen LogP contribution in [0.2, 0.25) is 0 Å². The van der Waals surface area contributed by atoms with Crippen LogP contribution in [0.5, 0.6) is 0 Å². The van der Waals surface area contributed by atoms with E-state index in [2.05, 4.69) is 31.1 Å². The van der Waals surface area contributed by atoms with Crippen LogP contribution in [0.4, 0.5) is 0 Å². The van der Waals surface area contributed by atoms with Crippen molar-refractivity contribution in [2.45, 2.75) is 3.79 Å². The third-order valence-electron chi connectivity index (χ3n) is 1.54. The molecule has 0 saturated carbocycles. The van der Waals surface area contributed by atoms with E-state index in [1.807, 2.05) is 0 Å². The fourth-order valence-corrected chi connectivity index (χ4v) is 1.76. The van der Waals surface area contributed by atoms with Gasteiger partial charge in [0.2, 0.25) is 0 Å². The summed E-state index contributed by atoms with van der Waals surface area (Å²) >= 11 is 20.3. The first-order valence-corrected chi connectivity index (χ1v) is 5.35. The van der Waals surface area contributed by atoms with Crippen molar-refractivity contribution in [1.29, 1.82) is 0 Å². The maximum Gasteiger partial charge on any atom is 0.250 e. The molecule has 8 heteroatoms. The number of nitrogens with zero attached hydrogens (tertiary/aromatic N) is 4. The molecule has 0 N–H and O–H groups in total. The summed E-state index contributed by atoms with van der Waals surface area (Å²) in [6.45, 7) is 0. The fourth-order valence-electron chi connectivity index (χ4n) is 0.990. The van der Waals surface area contributed by atoms with Crippen LogP contribution in [-0.2, 0) is 3.79 Å². The number of hydrogen-bond acceptors (Lipinski definition) is 3. The first kappa shape index (κ1) is 10.4. The second-order valence-electron chi connectivity index (χ2n) is 2.43. The molecule has 0 fully saturated rings. The highest BCUT2D eigenvalue weighted by molar-refractivity contribution is 9.10. The molecule has 74 valence electrons. The normalized spacial score (nSPS) is 12.3. The van der Waals surface area contributed by atoms with Crippen molar-refractivity contribution in [3.05, 3.63) is 22.8 Å². The smallest absolute Gasteiger partial charge is 0.250 e. The molecular weight excluding hydrogens is 314 g/mol. The Labute approximate surface area is 102 Å². The molecule has 0 spiro atoms. The summed E-state index contributed by atoms with van der Waals surface area (Å²) in [5, 5.41) is 7.61. The standard InChI is InChI=1S/C6H2BrCl3N4/c7-3-4-12-13-5(6(8,9)10)14(4)2-1-11-3/h1-2H. The molecule has 0 aliphatic rings. The van der Waals surface area contributed by atoms with Crippen LogP contribution in [-0.4, -0.2) is 19.6 Å². The molecule has 0 aromatic carbocycles. The third-order valence-corrected chi connectivity index (χ3v) is 2.60.